The van der Waals surface area contributed by atoms with Crippen LogP contribution < -0.4 is 10.6 Å². The number of piperidine rings is 1. The van der Waals surface area contributed by atoms with Gasteiger partial charge in [-0.15, -0.1) is 0 Å². The Hall–Kier alpha value is -1.56. The molecule has 2 heterocycles. The summed E-state index contributed by atoms with van der Waals surface area (Å²) >= 11 is 0. The number of rotatable bonds is 5. The monoisotopic (exact) mass is 265 g/mol. The number of nitrogens with zero attached hydrogens (tertiary/aromatic N) is 3. The van der Waals surface area contributed by atoms with Crippen molar-refractivity contribution >= 4 is 11.6 Å². The summed E-state index contributed by atoms with van der Waals surface area (Å²) in [6.07, 6.45) is 6.15. The third kappa shape index (κ3) is 4.24. The molecule has 1 saturated heterocycles. The maximum absolute atomic E-state index is 11.2. The second kappa shape index (κ2) is 6.56. The van der Waals surface area contributed by atoms with Crippen molar-refractivity contribution in [3.8, 4) is 0 Å². The van der Waals surface area contributed by atoms with Crippen LogP contribution >= 0.6 is 0 Å². The van der Waals surface area contributed by atoms with Gasteiger partial charge in [-0.25, -0.2) is 0 Å². The molecule has 0 radical (unpaired) electrons. The molecular formula is C13H23N5O. The Balaban J connectivity index is 1.75. The average molecular weight is 265 g/mol. The van der Waals surface area contributed by atoms with Gasteiger partial charge in [0.05, 0.1) is 11.9 Å². The number of aromatic nitrogens is 2. The van der Waals surface area contributed by atoms with Gasteiger partial charge in [0.25, 0.3) is 0 Å². The number of likely N-dealkylation sites (tertiary alicyclic amines) is 1. The molecule has 0 saturated carbocycles. The molecule has 1 fully saturated rings. The van der Waals surface area contributed by atoms with E-state index in [1.807, 2.05) is 6.20 Å². The lowest BCUT2D eigenvalue weighted by molar-refractivity contribution is -0.121. The second-order valence-corrected chi connectivity index (χ2v) is 5.23. The van der Waals surface area contributed by atoms with Gasteiger partial charge in [0.1, 0.15) is 6.54 Å². The zero-order chi connectivity index (χ0) is 13.7. The lowest BCUT2D eigenvalue weighted by Crippen LogP contribution is -2.32. The van der Waals surface area contributed by atoms with Crippen molar-refractivity contribution in [2.45, 2.75) is 19.4 Å². The molecule has 106 valence electrons. The minimum absolute atomic E-state index is 0.0371. The zero-order valence-corrected chi connectivity index (χ0v) is 11.7. The quantitative estimate of drug-likeness (QED) is 0.808. The summed E-state index contributed by atoms with van der Waals surface area (Å²) in [6, 6.07) is 0. The van der Waals surface area contributed by atoms with E-state index >= 15 is 0 Å². The minimum atomic E-state index is -0.0371. The lowest BCUT2D eigenvalue weighted by Gasteiger charge is -2.29. The predicted octanol–water partition coefficient (Wildman–Crippen LogP) is 0.383. The van der Waals surface area contributed by atoms with Crippen LogP contribution in [0.5, 0.6) is 0 Å². The Labute approximate surface area is 114 Å². The number of anilines is 1. The molecule has 0 spiro atoms. The summed E-state index contributed by atoms with van der Waals surface area (Å²) in [5, 5.41) is 10.2. The van der Waals surface area contributed by atoms with Crippen LogP contribution in [0.2, 0.25) is 0 Å². The molecule has 0 bridgehead atoms. The van der Waals surface area contributed by atoms with E-state index in [9.17, 15) is 4.79 Å². The molecule has 6 heteroatoms. The van der Waals surface area contributed by atoms with Crippen LogP contribution in [0.25, 0.3) is 0 Å². The highest BCUT2D eigenvalue weighted by molar-refractivity contribution is 5.75. The molecular weight excluding hydrogens is 242 g/mol. The highest BCUT2D eigenvalue weighted by atomic mass is 16.1. The Morgan fingerprint density at radius 2 is 2.21 bits per heavy atom. The van der Waals surface area contributed by atoms with Crippen LogP contribution in [0.15, 0.2) is 12.4 Å². The number of hydrogen-bond acceptors (Lipinski definition) is 4. The summed E-state index contributed by atoms with van der Waals surface area (Å²) in [6.45, 7) is 3.62. The van der Waals surface area contributed by atoms with Crippen LogP contribution in [-0.4, -0.2) is 54.3 Å². The smallest absolute Gasteiger partial charge is 0.241 e. The molecule has 0 atom stereocenters. The number of carbonyl (C=O) groups is 1. The molecule has 1 aliphatic rings. The molecule has 2 N–H and O–H groups in total. The Kier molecular flexibility index (Phi) is 4.79. The molecule has 0 aromatic carbocycles. The first-order chi connectivity index (χ1) is 9.17. The predicted molar refractivity (Wildman–Crippen MR) is 75.0 cm³/mol. The fourth-order valence-corrected chi connectivity index (χ4v) is 2.30. The highest BCUT2D eigenvalue weighted by Gasteiger charge is 2.16. The fourth-order valence-electron chi connectivity index (χ4n) is 2.30. The van der Waals surface area contributed by atoms with Crippen molar-refractivity contribution < 1.29 is 4.79 Å². The maximum atomic E-state index is 11.2. The number of nitrogens with one attached hydrogen (secondary N) is 2. The van der Waals surface area contributed by atoms with Gasteiger partial charge in [-0.3, -0.25) is 9.48 Å². The van der Waals surface area contributed by atoms with Gasteiger partial charge in [0.15, 0.2) is 0 Å². The van der Waals surface area contributed by atoms with Gasteiger partial charge in [-0.2, -0.15) is 5.10 Å². The molecule has 0 unspecified atom stereocenters. The Bertz CT molecular complexity index is 409. The largest absolute Gasteiger partial charge is 0.382 e. The van der Waals surface area contributed by atoms with Gasteiger partial charge in [-0.1, -0.05) is 0 Å². The van der Waals surface area contributed by atoms with E-state index in [2.05, 4.69) is 27.7 Å². The van der Waals surface area contributed by atoms with Crippen LogP contribution in [0.1, 0.15) is 12.8 Å². The zero-order valence-electron chi connectivity index (χ0n) is 11.7. The molecule has 1 aliphatic heterocycles. The third-order valence-corrected chi connectivity index (χ3v) is 3.65. The molecule has 0 aliphatic carbocycles. The number of amides is 1. The number of hydrogen-bond donors (Lipinski definition) is 2. The first-order valence-corrected chi connectivity index (χ1v) is 6.83. The van der Waals surface area contributed by atoms with E-state index in [1.54, 1.807) is 17.9 Å². The van der Waals surface area contributed by atoms with Gasteiger partial charge in [0.2, 0.25) is 5.91 Å². The van der Waals surface area contributed by atoms with Crippen LogP contribution in [0.3, 0.4) is 0 Å². The summed E-state index contributed by atoms with van der Waals surface area (Å²) in [7, 11) is 3.80. The van der Waals surface area contributed by atoms with Gasteiger partial charge < -0.3 is 15.5 Å². The lowest BCUT2D eigenvalue weighted by atomic mass is 9.97. The first kappa shape index (κ1) is 13.9. The Morgan fingerprint density at radius 1 is 1.47 bits per heavy atom. The molecule has 19 heavy (non-hydrogen) atoms. The third-order valence-electron chi connectivity index (χ3n) is 3.65. The summed E-state index contributed by atoms with van der Waals surface area (Å²) < 4.78 is 1.65. The van der Waals surface area contributed by atoms with Gasteiger partial charge in [0, 0.05) is 19.8 Å². The van der Waals surface area contributed by atoms with E-state index in [-0.39, 0.29) is 12.5 Å². The normalized spacial score (nSPS) is 17.4. The summed E-state index contributed by atoms with van der Waals surface area (Å²) in [5.41, 5.74) is 0.989. The Morgan fingerprint density at radius 3 is 2.89 bits per heavy atom. The molecule has 1 aromatic heterocycles. The SMILES string of the molecule is CNC(=O)Cn1cc(NCC2CCN(C)CC2)cn1. The van der Waals surface area contributed by atoms with Gasteiger partial charge >= 0.3 is 0 Å². The van der Waals surface area contributed by atoms with E-state index in [0.717, 1.165) is 18.2 Å². The van der Waals surface area contributed by atoms with Crippen LogP contribution in [0.4, 0.5) is 5.69 Å². The maximum Gasteiger partial charge on any atom is 0.241 e. The summed E-state index contributed by atoms with van der Waals surface area (Å²) in [4.78, 5) is 13.6. The second-order valence-electron chi connectivity index (χ2n) is 5.23. The van der Waals surface area contributed by atoms with Crippen molar-refractivity contribution in [2.75, 3.05) is 39.0 Å². The molecule has 1 aromatic rings. The molecule has 2 rings (SSSR count). The first-order valence-electron chi connectivity index (χ1n) is 6.83. The average Bonchev–Trinajstić information content (AvgIpc) is 2.85. The van der Waals surface area contributed by atoms with Crippen LogP contribution in [0, 0.1) is 5.92 Å². The van der Waals surface area contributed by atoms with E-state index in [4.69, 9.17) is 0 Å². The minimum Gasteiger partial charge on any atom is -0.382 e. The van der Waals surface area contributed by atoms with Crippen molar-refractivity contribution in [1.29, 1.82) is 0 Å². The number of carbonyl (C=O) groups excluding carboxylic acids is 1. The van der Waals surface area contributed by atoms with E-state index in [1.165, 1.54) is 25.9 Å². The summed E-state index contributed by atoms with van der Waals surface area (Å²) in [5.74, 6) is 0.698. The van der Waals surface area contributed by atoms with Crippen molar-refractivity contribution in [3.05, 3.63) is 12.4 Å². The fraction of sp³-hybridized carbons (Fsp3) is 0.692. The van der Waals surface area contributed by atoms with Gasteiger partial charge in [-0.05, 0) is 38.9 Å². The van der Waals surface area contributed by atoms with E-state index in [0.29, 0.717) is 0 Å². The topological polar surface area (TPSA) is 62.2 Å². The van der Waals surface area contributed by atoms with Crippen molar-refractivity contribution in [3.63, 3.8) is 0 Å². The molecule has 1 amide bonds. The van der Waals surface area contributed by atoms with Crippen LogP contribution in [-0.2, 0) is 11.3 Å². The van der Waals surface area contributed by atoms with Crippen molar-refractivity contribution in [2.24, 2.45) is 5.92 Å². The molecule has 6 nitrogen and oxygen atoms in total. The highest BCUT2D eigenvalue weighted by Crippen LogP contribution is 2.16. The number of likely N-dealkylation sites (N-methyl/N-ethyl adjacent to an activating group) is 1. The standard InChI is InChI=1S/C13H23N5O/c1-14-13(19)10-18-9-12(8-16-18)15-7-11-3-5-17(2)6-4-11/h8-9,11,15H,3-7,10H2,1-2H3,(H,14,19). The van der Waals surface area contributed by atoms with E-state index < -0.39 is 0 Å². The van der Waals surface area contributed by atoms with Crippen molar-refractivity contribution in [1.82, 2.24) is 20.0 Å².